The van der Waals surface area contributed by atoms with Gasteiger partial charge in [0, 0.05) is 13.0 Å². The first-order valence-corrected chi connectivity index (χ1v) is 9.40. The second-order valence-corrected chi connectivity index (χ2v) is 7.51. The highest BCUT2D eigenvalue weighted by Crippen LogP contribution is 2.32. The Kier molecular flexibility index (Phi) is 7.40. The van der Waals surface area contributed by atoms with E-state index in [0.717, 1.165) is 24.0 Å². The van der Waals surface area contributed by atoms with Crippen LogP contribution in [0, 0.1) is 0 Å². The van der Waals surface area contributed by atoms with Gasteiger partial charge in [-0.1, -0.05) is 66.8 Å². The molecule has 132 valence electrons. The quantitative estimate of drug-likeness (QED) is 0.412. The minimum Gasteiger partial charge on any atom is -0.481 e. The van der Waals surface area contributed by atoms with Crippen LogP contribution in [0.3, 0.4) is 0 Å². The average Bonchev–Trinajstić information content (AvgIpc) is 2.82. The van der Waals surface area contributed by atoms with Gasteiger partial charge in [0.25, 0.3) is 5.91 Å². The van der Waals surface area contributed by atoms with Crippen molar-refractivity contribution in [1.29, 1.82) is 0 Å². The Labute approximate surface area is 157 Å². The predicted octanol–water partition coefficient (Wildman–Crippen LogP) is 4.48. The Bertz CT molecular complexity index is 711. The predicted molar refractivity (Wildman–Crippen MR) is 106 cm³/mol. The average molecular weight is 376 g/mol. The van der Waals surface area contributed by atoms with Crippen LogP contribution in [0.5, 0.6) is 0 Å². The Morgan fingerprint density at radius 1 is 1.24 bits per heavy atom. The summed E-state index contributed by atoms with van der Waals surface area (Å²) in [4.78, 5) is 25.3. The summed E-state index contributed by atoms with van der Waals surface area (Å²) in [5.41, 5.74) is 2.08. The molecule has 0 bridgehead atoms. The Hall–Kier alpha value is -1.92. The van der Waals surface area contributed by atoms with Crippen LogP contribution in [0.4, 0.5) is 0 Å². The number of hydrogen-bond acceptors (Lipinski definition) is 4. The van der Waals surface area contributed by atoms with E-state index in [1.54, 1.807) is 4.90 Å². The maximum absolute atomic E-state index is 12.5. The molecule has 1 aromatic rings. The molecule has 0 unspecified atom stereocenters. The van der Waals surface area contributed by atoms with Gasteiger partial charge in [-0.05, 0) is 37.0 Å². The highest BCUT2D eigenvalue weighted by molar-refractivity contribution is 8.26. The number of rotatable bonds is 8. The smallest absolute Gasteiger partial charge is 0.303 e. The monoisotopic (exact) mass is 375 g/mol. The van der Waals surface area contributed by atoms with Crippen LogP contribution in [0.2, 0.25) is 0 Å². The maximum atomic E-state index is 12.5. The molecule has 1 aliphatic heterocycles. The first kappa shape index (κ1) is 19.4. The third-order valence-electron chi connectivity index (χ3n) is 3.70. The van der Waals surface area contributed by atoms with Crippen molar-refractivity contribution in [3.05, 3.63) is 52.4 Å². The molecule has 0 aromatic heterocycles. The van der Waals surface area contributed by atoms with Gasteiger partial charge >= 0.3 is 5.97 Å². The van der Waals surface area contributed by atoms with Gasteiger partial charge in [0.2, 0.25) is 0 Å². The molecule has 4 nitrogen and oxygen atoms in total. The molecule has 1 fully saturated rings. The van der Waals surface area contributed by atoms with Crippen LogP contribution in [0.1, 0.15) is 38.2 Å². The fourth-order valence-electron chi connectivity index (χ4n) is 2.48. The van der Waals surface area contributed by atoms with Crippen molar-refractivity contribution in [1.82, 2.24) is 4.90 Å². The van der Waals surface area contributed by atoms with Crippen molar-refractivity contribution in [3.8, 4) is 0 Å². The van der Waals surface area contributed by atoms with Crippen molar-refractivity contribution in [2.75, 3.05) is 6.54 Å². The summed E-state index contributed by atoms with van der Waals surface area (Å²) >= 11 is 6.63. The summed E-state index contributed by atoms with van der Waals surface area (Å²) < 4.78 is 0.571. The first-order valence-electron chi connectivity index (χ1n) is 8.18. The summed E-state index contributed by atoms with van der Waals surface area (Å²) in [7, 11) is 0. The van der Waals surface area contributed by atoms with Gasteiger partial charge < -0.3 is 5.11 Å². The number of aliphatic carboxylic acids is 1. The molecule has 1 heterocycles. The summed E-state index contributed by atoms with van der Waals surface area (Å²) in [5, 5.41) is 8.63. The topological polar surface area (TPSA) is 57.6 Å². The zero-order valence-electron chi connectivity index (χ0n) is 14.1. The SMILES string of the molecule is CC(=C\c1ccccc1)/C=C1/SC(=S)N(CCCCCC(=O)O)C1=O. The van der Waals surface area contributed by atoms with Crippen molar-refractivity contribution in [3.63, 3.8) is 0 Å². The van der Waals surface area contributed by atoms with Crippen molar-refractivity contribution in [2.24, 2.45) is 0 Å². The van der Waals surface area contributed by atoms with Gasteiger partial charge in [-0.3, -0.25) is 14.5 Å². The maximum Gasteiger partial charge on any atom is 0.303 e. The number of allylic oxidation sites excluding steroid dienone is 2. The van der Waals surface area contributed by atoms with Crippen molar-refractivity contribution in [2.45, 2.75) is 32.6 Å². The standard InChI is InChI=1S/C19H21NO3S2/c1-14(12-15-8-4-2-5-9-15)13-16-18(23)20(19(24)25-16)11-7-3-6-10-17(21)22/h2,4-5,8-9,12-13H,3,6-7,10-11H2,1H3,(H,21,22)/b14-12+,16-13+. The molecule has 0 aliphatic carbocycles. The molecule has 2 rings (SSSR count). The Morgan fingerprint density at radius 2 is 1.96 bits per heavy atom. The molecular weight excluding hydrogens is 354 g/mol. The van der Waals surface area contributed by atoms with Crippen LogP contribution in [0.15, 0.2) is 46.9 Å². The van der Waals surface area contributed by atoms with Crippen LogP contribution < -0.4 is 0 Å². The molecule has 0 atom stereocenters. The minimum absolute atomic E-state index is 0.0611. The van der Waals surface area contributed by atoms with Crippen LogP contribution in [-0.2, 0) is 9.59 Å². The lowest BCUT2D eigenvalue weighted by Crippen LogP contribution is -2.29. The van der Waals surface area contributed by atoms with E-state index in [4.69, 9.17) is 17.3 Å². The summed E-state index contributed by atoms with van der Waals surface area (Å²) in [6, 6.07) is 9.94. The molecule has 6 heteroatoms. The molecule has 0 saturated carbocycles. The second kappa shape index (κ2) is 9.53. The van der Waals surface area contributed by atoms with E-state index in [2.05, 4.69) is 0 Å². The zero-order valence-corrected chi connectivity index (χ0v) is 15.7. The van der Waals surface area contributed by atoms with Gasteiger partial charge in [-0.25, -0.2) is 0 Å². The second-order valence-electron chi connectivity index (χ2n) is 5.84. The van der Waals surface area contributed by atoms with Gasteiger partial charge in [0.05, 0.1) is 4.91 Å². The molecule has 1 amide bonds. The molecular formula is C19H21NO3S2. The van der Waals surface area contributed by atoms with Crippen LogP contribution in [-0.4, -0.2) is 32.7 Å². The van der Waals surface area contributed by atoms with Crippen LogP contribution in [0.25, 0.3) is 6.08 Å². The van der Waals surface area contributed by atoms with E-state index in [0.29, 0.717) is 22.2 Å². The molecule has 1 saturated heterocycles. The lowest BCUT2D eigenvalue weighted by atomic mass is 10.1. The number of amides is 1. The molecule has 0 spiro atoms. The minimum atomic E-state index is -0.783. The van der Waals surface area contributed by atoms with Gasteiger partial charge in [0.1, 0.15) is 4.32 Å². The number of carboxylic acids is 1. The normalized spacial score (nSPS) is 16.8. The molecule has 1 N–H and O–H groups in total. The third kappa shape index (κ3) is 6.14. The van der Waals surface area contributed by atoms with E-state index in [1.165, 1.54) is 11.8 Å². The van der Waals surface area contributed by atoms with E-state index >= 15 is 0 Å². The zero-order chi connectivity index (χ0) is 18.2. The van der Waals surface area contributed by atoms with Gasteiger partial charge in [-0.2, -0.15) is 0 Å². The van der Waals surface area contributed by atoms with E-state index in [9.17, 15) is 9.59 Å². The Morgan fingerprint density at radius 3 is 2.64 bits per heavy atom. The lowest BCUT2D eigenvalue weighted by molar-refractivity contribution is -0.137. The number of carbonyl (C=O) groups is 2. The molecule has 25 heavy (non-hydrogen) atoms. The van der Waals surface area contributed by atoms with Gasteiger partial charge in [0.15, 0.2) is 0 Å². The molecule has 1 aliphatic rings. The summed E-state index contributed by atoms with van der Waals surface area (Å²) in [5.74, 6) is -0.844. The number of hydrogen-bond donors (Lipinski definition) is 1. The largest absolute Gasteiger partial charge is 0.481 e. The number of thioether (sulfide) groups is 1. The molecule has 1 aromatic carbocycles. The highest BCUT2D eigenvalue weighted by Gasteiger charge is 2.31. The Balaban J connectivity index is 1.93. The van der Waals surface area contributed by atoms with E-state index < -0.39 is 5.97 Å². The number of carbonyl (C=O) groups excluding carboxylic acids is 1. The lowest BCUT2D eigenvalue weighted by Gasteiger charge is -2.13. The molecule has 0 radical (unpaired) electrons. The summed E-state index contributed by atoms with van der Waals surface area (Å²) in [6.45, 7) is 2.51. The van der Waals surface area contributed by atoms with E-state index in [1.807, 2.05) is 49.4 Å². The number of thiocarbonyl (C=S) groups is 1. The fourth-order valence-corrected chi connectivity index (χ4v) is 3.83. The van der Waals surface area contributed by atoms with Crippen LogP contribution >= 0.6 is 24.0 Å². The fraction of sp³-hybridized carbons (Fsp3) is 0.316. The number of carboxylic acid groups (broad SMARTS) is 1. The van der Waals surface area contributed by atoms with Crippen molar-refractivity contribution < 1.29 is 14.7 Å². The van der Waals surface area contributed by atoms with Gasteiger partial charge in [-0.15, -0.1) is 0 Å². The first-order chi connectivity index (χ1) is 12.0. The number of unbranched alkanes of at least 4 members (excludes halogenated alkanes) is 2. The highest BCUT2D eigenvalue weighted by atomic mass is 32.2. The van der Waals surface area contributed by atoms with E-state index in [-0.39, 0.29) is 12.3 Å². The van der Waals surface area contributed by atoms with Crippen molar-refractivity contribution >= 4 is 46.3 Å². The number of benzene rings is 1. The third-order valence-corrected chi connectivity index (χ3v) is 5.08. The summed E-state index contributed by atoms with van der Waals surface area (Å²) in [6.07, 6.45) is 6.22. The number of nitrogens with zero attached hydrogens (tertiary/aromatic N) is 1.